The van der Waals surface area contributed by atoms with Crippen LogP contribution >= 0.6 is 0 Å². The van der Waals surface area contributed by atoms with Gasteiger partial charge in [-0.15, -0.1) is 0 Å². The van der Waals surface area contributed by atoms with E-state index in [0.29, 0.717) is 19.5 Å². The van der Waals surface area contributed by atoms with Crippen LogP contribution in [0.15, 0.2) is 0 Å². The first-order valence-corrected chi connectivity index (χ1v) is 6.59. The highest BCUT2D eigenvalue weighted by atomic mass is 19.4. The van der Waals surface area contributed by atoms with Crippen LogP contribution in [0.1, 0.15) is 19.8 Å². The zero-order chi connectivity index (χ0) is 15.3. The minimum Gasteiger partial charge on any atom is -0.481 e. The first-order valence-electron chi connectivity index (χ1n) is 6.59. The summed E-state index contributed by atoms with van der Waals surface area (Å²) in [4.78, 5) is 12.4. The Hall–Kier alpha value is -0.860. The summed E-state index contributed by atoms with van der Waals surface area (Å²) in [6.07, 6.45) is -4.50. The van der Waals surface area contributed by atoms with Crippen molar-refractivity contribution in [3.8, 4) is 0 Å². The number of alkyl halides is 3. The van der Waals surface area contributed by atoms with Gasteiger partial charge >= 0.3 is 12.1 Å². The molecule has 1 aliphatic rings. The monoisotopic (exact) mass is 298 g/mol. The van der Waals surface area contributed by atoms with Crippen molar-refractivity contribution in [1.29, 1.82) is 0 Å². The van der Waals surface area contributed by atoms with Crippen molar-refractivity contribution in [2.75, 3.05) is 26.2 Å². The summed E-state index contributed by atoms with van der Waals surface area (Å²) in [7, 11) is 0. The number of piperidine rings is 1. The maximum Gasteiger partial charge on any atom is 0.401 e. The molecule has 3 unspecified atom stereocenters. The zero-order valence-corrected chi connectivity index (χ0v) is 11.4. The highest BCUT2D eigenvalue weighted by Crippen LogP contribution is 2.21. The lowest BCUT2D eigenvalue weighted by molar-refractivity contribution is -0.137. The first-order chi connectivity index (χ1) is 9.17. The maximum atomic E-state index is 12.2. The summed E-state index contributed by atoms with van der Waals surface area (Å²) in [6.45, 7) is 1.69. The molecule has 1 fully saturated rings. The molecular weight excluding hydrogens is 277 g/mol. The molecule has 1 aliphatic heterocycles. The van der Waals surface area contributed by atoms with Gasteiger partial charge in [0, 0.05) is 25.7 Å². The van der Waals surface area contributed by atoms with Gasteiger partial charge in [-0.25, -0.2) is 0 Å². The summed E-state index contributed by atoms with van der Waals surface area (Å²) < 4.78 is 36.6. The molecule has 0 aliphatic carbocycles. The molecule has 0 spiro atoms. The van der Waals surface area contributed by atoms with Gasteiger partial charge in [-0.3, -0.25) is 4.79 Å². The SMILES string of the molecule is CC(O)C1CC(NCC(F)(F)F)CN(CCC(=O)O)C1. The fraction of sp³-hybridized carbons (Fsp3) is 0.917. The number of carboxylic acid groups (broad SMARTS) is 1. The van der Waals surface area contributed by atoms with Gasteiger partial charge in [0.2, 0.25) is 0 Å². The van der Waals surface area contributed by atoms with Crippen molar-refractivity contribution < 1.29 is 28.2 Å². The number of hydrogen-bond acceptors (Lipinski definition) is 4. The van der Waals surface area contributed by atoms with E-state index in [4.69, 9.17) is 5.11 Å². The fourth-order valence-corrected chi connectivity index (χ4v) is 2.43. The average molecular weight is 298 g/mol. The molecule has 1 rings (SSSR count). The summed E-state index contributed by atoms with van der Waals surface area (Å²) >= 11 is 0. The molecule has 0 aromatic carbocycles. The van der Waals surface area contributed by atoms with E-state index in [2.05, 4.69) is 5.32 Å². The van der Waals surface area contributed by atoms with Crippen LogP contribution < -0.4 is 5.32 Å². The number of rotatable bonds is 6. The predicted molar refractivity (Wildman–Crippen MR) is 66.3 cm³/mol. The summed E-state index contributed by atoms with van der Waals surface area (Å²) in [6, 6.07) is -0.390. The van der Waals surface area contributed by atoms with Crippen LogP contribution in [-0.2, 0) is 4.79 Å². The molecule has 1 heterocycles. The van der Waals surface area contributed by atoms with E-state index in [-0.39, 0.29) is 18.9 Å². The van der Waals surface area contributed by atoms with Gasteiger partial charge in [0.25, 0.3) is 0 Å². The van der Waals surface area contributed by atoms with Gasteiger partial charge in [0.1, 0.15) is 0 Å². The minimum absolute atomic E-state index is 0.0570. The lowest BCUT2D eigenvalue weighted by Crippen LogP contribution is -2.53. The lowest BCUT2D eigenvalue weighted by atomic mass is 9.90. The van der Waals surface area contributed by atoms with Gasteiger partial charge in [-0.1, -0.05) is 0 Å². The Kier molecular flexibility index (Phi) is 6.22. The number of likely N-dealkylation sites (tertiary alicyclic amines) is 1. The maximum absolute atomic E-state index is 12.2. The lowest BCUT2D eigenvalue weighted by Gasteiger charge is -2.39. The number of aliphatic hydroxyl groups is 1. The van der Waals surface area contributed by atoms with E-state index in [1.807, 2.05) is 0 Å². The van der Waals surface area contributed by atoms with Crippen molar-refractivity contribution >= 4 is 5.97 Å². The van der Waals surface area contributed by atoms with Crippen molar-refractivity contribution in [3.05, 3.63) is 0 Å². The second-order valence-corrected chi connectivity index (χ2v) is 5.33. The molecule has 1 saturated heterocycles. The summed E-state index contributed by atoms with van der Waals surface area (Å²) in [5.41, 5.74) is 0. The van der Waals surface area contributed by atoms with Crippen LogP contribution in [0.25, 0.3) is 0 Å². The van der Waals surface area contributed by atoms with Gasteiger partial charge < -0.3 is 20.4 Å². The number of carbonyl (C=O) groups is 1. The highest BCUT2D eigenvalue weighted by molar-refractivity contribution is 5.66. The molecule has 0 radical (unpaired) electrons. The second kappa shape index (κ2) is 7.24. The minimum atomic E-state index is -4.27. The molecule has 3 atom stereocenters. The Labute approximate surface area is 115 Å². The molecule has 20 heavy (non-hydrogen) atoms. The quantitative estimate of drug-likeness (QED) is 0.673. The number of carboxylic acids is 1. The largest absolute Gasteiger partial charge is 0.481 e. The summed E-state index contributed by atoms with van der Waals surface area (Å²) in [5.74, 6) is -1.09. The van der Waals surface area contributed by atoms with Crippen molar-refractivity contribution in [3.63, 3.8) is 0 Å². The van der Waals surface area contributed by atoms with Gasteiger partial charge in [0.15, 0.2) is 0 Å². The molecule has 0 aromatic rings. The first kappa shape index (κ1) is 17.2. The molecule has 0 aromatic heterocycles. The number of nitrogens with zero attached hydrogens (tertiary/aromatic N) is 1. The van der Waals surface area contributed by atoms with Crippen molar-refractivity contribution in [1.82, 2.24) is 10.2 Å². The van der Waals surface area contributed by atoms with E-state index in [1.165, 1.54) is 0 Å². The van der Waals surface area contributed by atoms with Gasteiger partial charge in [0.05, 0.1) is 19.1 Å². The third-order valence-corrected chi connectivity index (χ3v) is 3.47. The van der Waals surface area contributed by atoms with Crippen LogP contribution in [0.3, 0.4) is 0 Å². The topological polar surface area (TPSA) is 72.8 Å². The number of nitrogens with one attached hydrogen (secondary N) is 1. The molecule has 0 saturated carbocycles. The predicted octanol–water partition coefficient (Wildman–Crippen LogP) is 0.684. The third kappa shape index (κ3) is 6.53. The van der Waals surface area contributed by atoms with Crippen LogP contribution in [0.4, 0.5) is 13.2 Å². The molecular formula is C12H21F3N2O3. The van der Waals surface area contributed by atoms with Crippen molar-refractivity contribution in [2.45, 2.75) is 38.1 Å². The number of hydrogen-bond donors (Lipinski definition) is 3. The van der Waals surface area contributed by atoms with E-state index in [0.717, 1.165) is 0 Å². The average Bonchev–Trinajstić information content (AvgIpc) is 2.33. The molecule has 118 valence electrons. The van der Waals surface area contributed by atoms with E-state index < -0.39 is 30.8 Å². The highest BCUT2D eigenvalue weighted by Gasteiger charge is 2.33. The van der Waals surface area contributed by atoms with Crippen molar-refractivity contribution in [2.24, 2.45) is 5.92 Å². The third-order valence-electron chi connectivity index (χ3n) is 3.47. The van der Waals surface area contributed by atoms with Gasteiger partial charge in [-0.2, -0.15) is 13.2 Å². The van der Waals surface area contributed by atoms with Crippen LogP contribution in [0.2, 0.25) is 0 Å². The van der Waals surface area contributed by atoms with E-state index >= 15 is 0 Å². The molecule has 3 N–H and O–H groups in total. The Balaban J connectivity index is 2.53. The van der Waals surface area contributed by atoms with Crippen LogP contribution in [-0.4, -0.2) is 65.6 Å². The van der Waals surface area contributed by atoms with E-state index in [1.54, 1.807) is 11.8 Å². The van der Waals surface area contributed by atoms with E-state index in [9.17, 15) is 23.1 Å². The fourth-order valence-electron chi connectivity index (χ4n) is 2.43. The second-order valence-electron chi connectivity index (χ2n) is 5.33. The molecule has 5 nitrogen and oxygen atoms in total. The Morgan fingerprint density at radius 2 is 2.10 bits per heavy atom. The summed E-state index contributed by atoms with van der Waals surface area (Å²) in [5, 5.41) is 20.7. The standard InChI is InChI=1S/C12H21F3N2O3/c1-8(18)9-4-10(16-7-12(13,14)15)6-17(5-9)3-2-11(19)20/h8-10,16,18H,2-7H2,1H3,(H,19,20). The Bertz CT molecular complexity index is 324. The smallest absolute Gasteiger partial charge is 0.401 e. The molecule has 0 bridgehead atoms. The normalized spacial score (nSPS) is 26.4. The van der Waals surface area contributed by atoms with Gasteiger partial charge in [-0.05, 0) is 19.3 Å². The zero-order valence-electron chi connectivity index (χ0n) is 11.4. The van der Waals surface area contributed by atoms with Crippen LogP contribution in [0.5, 0.6) is 0 Å². The number of halogens is 3. The number of aliphatic carboxylic acids is 1. The molecule has 8 heteroatoms. The van der Waals surface area contributed by atoms with Crippen LogP contribution in [0, 0.1) is 5.92 Å². The number of aliphatic hydroxyl groups excluding tert-OH is 1. The Morgan fingerprint density at radius 3 is 2.60 bits per heavy atom. The molecule has 0 amide bonds. The Morgan fingerprint density at radius 1 is 1.45 bits per heavy atom.